The summed E-state index contributed by atoms with van der Waals surface area (Å²) in [5.74, 6) is -0.390. The van der Waals surface area contributed by atoms with Crippen molar-refractivity contribution in [2.24, 2.45) is 5.92 Å². The normalized spacial score (nSPS) is 29.2. The van der Waals surface area contributed by atoms with Crippen LogP contribution in [0.15, 0.2) is 0 Å². The lowest BCUT2D eigenvalue weighted by Crippen LogP contribution is -2.60. The number of imide groups is 1. The first-order valence-electron chi connectivity index (χ1n) is 7.05. The third-order valence-electron chi connectivity index (χ3n) is 4.31. The third kappa shape index (κ3) is 2.62. The standard InChI is InChI=1S/C13H22N3O4S/c1-9-6-5-7-16(8-9)21(19,20)11-10(2)14(3)13(18)15(4)12(11)17/h9,11H,5-8H2,1-4H3/q+1. The highest BCUT2D eigenvalue weighted by atomic mass is 32.2. The molecule has 21 heavy (non-hydrogen) atoms. The molecule has 0 aromatic heterocycles. The van der Waals surface area contributed by atoms with E-state index in [0.717, 1.165) is 17.7 Å². The Morgan fingerprint density at radius 2 is 1.90 bits per heavy atom. The number of hydrogen-bond acceptors (Lipinski definition) is 4. The molecule has 2 aliphatic rings. The van der Waals surface area contributed by atoms with Gasteiger partial charge in [0.15, 0.2) is 0 Å². The zero-order valence-electron chi connectivity index (χ0n) is 12.9. The van der Waals surface area contributed by atoms with Crippen LogP contribution in [0.5, 0.6) is 0 Å². The molecule has 0 aliphatic carbocycles. The van der Waals surface area contributed by atoms with Crippen molar-refractivity contribution in [2.75, 3.05) is 27.2 Å². The van der Waals surface area contributed by atoms with Crippen LogP contribution in [0.1, 0.15) is 26.7 Å². The highest BCUT2D eigenvalue weighted by molar-refractivity contribution is 7.91. The minimum atomic E-state index is -3.79. The Morgan fingerprint density at radius 3 is 2.48 bits per heavy atom. The molecule has 0 radical (unpaired) electrons. The topological polar surface area (TPSA) is 77.8 Å². The Balaban J connectivity index is 2.43. The number of carbonyl (C=O) groups is 2. The van der Waals surface area contributed by atoms with Crippen LogP contribution in [-0.2, 0) is 14.8 Å². The van der Waals surface area contributed by atoms with Gasteiger partial charge in [0.25, 0.3) is 0 Å². The van der Waals surface area contributed by atoms with E-state index < -0.39 is 27.2 Å². The molecule has 3 amide bonds. The van der Waals surface area contributed by atoms with Crippen molar-refractivity contribution in [3.63, 3.8) is 0 Å². The Morgan fingerprint density at radius 1 is 1.29 bits per heavy atom. The molecule has 2 rings (SSSR count). The van der Waals surface area contributed by atoms with Gasteiger partial charge in [-0.05, 0) is 25.7 Å². The summed E-state index contributed by atoms with van der Waals surface area (Å²) in [6.07, 6.45) is 1.79. The van der Waals surface area contributed by atoms with Crippen LogP contribution in [0.2, 0.25) is 0 Å². The quantitative estimate of drug-likeness (QED) is 0.678. The van der Waals surface area contributed by atoms with E-state index in [1.54, 1.807) is 0 Å². The van der Waals surface area contributed by atoms with Gasteiger partial charge in [0.2, 0.25) is 15.3 Å². The first-order valence-corrected chi connectivity index (χ1v) is 8.56. The van der Waals surface area contributed by atoms with Gasteiger partial charge in [-0.3, -0.25) is 0 Å². The van der Waals surface area contributed by atoms with Gasteiger partial charge >= 0.3 is 11.9 Å². The van der Waals surface area contributed by atoms with Gasteiger partial charge in [-0.15, -0.1) is 0 Å². The average molecular weight is 316 g/mol. The lowest BCUT2D eigenvalue weighted by atomic mass is 10.0. The van der Waals surface area contributed by atoms with E-state index in [2.05, 4.69) is 0 Å². The second-order valence-corrected chi connectivity index (χ2v) is 7.93. The number of sulfonamides is 1. The summed E-state index contributed by atoms with van der Waals surface area (Å²) < 4.78 is 28.3. The van der Waals surface area contributed by atoms with Crippen LogP contribution in [0.3, 0.4) is 0 Å². The Kier molecular flexibility index (Phi) is 4.21. The van der Waals surface area contributed by atoms with E-state index >= 15 is 0 Å². The largest absolute Gasteiger partial charge is 0.500 e. The third-order valence-corrected chi connectivity index (χ3v) is 6.50. The molecule has 8 heteroatoms. The second kappa shape index (κ2) is 5.49. The van der Waals surface area contributed by atoms with Crippen molar-refractivity contribution < 1.29 is 22.6 Å². The monoisotopic (exact) mass is 316 g/mol. The minimum Gasteiger partial charge on any atom is -0.245 e. The maximum Gasteiger partial charge on any atom is 0.500 e. The highest BCUT2D eigenvalue weighted by Crippen LogP contribution is 2.23. The zero-order chi connectivity index (χ0) is 15.9. The summed E-state index contributed by atoms with van der Waals surface area (Å²) in [7, 11) is -0.992. The molecule has 0 bridgehead atoms. The van der Waals surface area contributed by atoms with Gasteiger partial charge in [0, 0.05) is 13.1 Å². The summed E-state index contributed by atoms with van der Waals surface area (Å²) in [6.45, 7) is 4.40. The number of piperidine rings is 1. The van der Waals surface area contributed by atoms with Crippen LogP contribution in [-0.4, -0.2) is 72.3 Å². The summed E-state index contributed by atoms with van der Waals surface area (Å²) in [4.78, 5) is 25.0. The van der Waals surface area contributed by atoms with E-state index in [1.807, 2.05) is 6.92 Å². The molecule has 2 heterocycles. The van der Waals surface area contributed by atoms with Crippen LogP contribution in [0.4, 0.5) is 4.79 Å². The number of carbonyl (C=O) groups excluding carboxylic acids is 2. The van der Waals surface area contributed by atoms with E-state index in [1.165, 1.54) is 29.9 Å². The van der Waals surface area contributed by atoms with Gasteiger partial charge in [-0.25, -0.2) is 17.5 Å². The summed E-state index contributed by atoms with van der Waals surface area (Å²) in [5, 5.41) is -1.30. The maximum absolute atomic E-state index is 12.8. The lowest BCUT2D eigenvalue weighted by molar-refractivity contribution is -0.405. The molecule has 118 valence electrons. The first-order chi connectivity index (χ1) is 9.67. The zero-order valence-corrected chi connectivity index (χ0v) is 13.7. The second-order valence-electron chi connectivity index (χ2n) is 5.91. The van der Waals surface area contributed by atoms with Crippen LogP contribution < -0.4 is 0 Å². The molecule has 0 saturated carbocycles. The molecular weight excluding hydrogens is 294 g/mol. The summed E-state index contributed by atoms with van der Waals surface area (Å²) in [5.41, 5.74) is 0.265. The van der Waals surface area contributed by atoms with E-state index in [9.17, 15) is 18.0 Å². The number of nitrogens with zero attached hydrogens (tertiary/aromatic N) is 3. The molecule has 0 aromatic carbocycles. The van der Waals surface area contributed by atoms with Gasteiger partial charge < -0.3 is 0 Å². The summed E-state index contributed by atoms with van der Waals surface area (Å²) >= 11 is 0. The molecule has 1 fully saturated rings. The van der Waals surface area contributed by atoms with Crippen molar-refractivity contribution in [2.45, 2.75) is 31.9 Å². The van der Waals surface area contributed by atoms with Crippen molar-refractivity contribution in [1.29, 1.82) is 0 Å². The molecule has 0 spiro atoms. The van der Waals surface area contributed by atoms with Crippen molar-refractivity contribution in [3.8, 4) is 0 Å². The van der Waals surface area contributed by atoms with Gasteiger partial charge in [0.1, 0.15) is 5.71 Å². The molecule has 2 atom stereocenters. The van der Waals surface area contributed by atoms with Gasteiger partial charge in [0.05, 0.1) is 14.1 Å². The molecule has 2 unspecified atom stereocenters. The molecule has 0 aromatic rings. The SMILES string of the molecule is CC1=[N+](C)C(=O)N(C)C(=O)C1S(=O)(=O)N1CCCC(C)C1. The number of urea groups is 1. The molecule has 0 N–H and O–H groups in total. The van der Waals surface area contributed by atoms with Crippen molar-refractivity contribution in [1.82, 2.24) is 9.21 Å². The Labute approximate surface area is 125 Å². The van der Waals surface area contributed by atoms with E-state index in [0.29, 0.717) is 13.1 Å². The van der Waals surface area contributed by atoms with Crippen molar-refractivity contribution >= 4 is 27.7 Å². The Hall–Kier alpha value is -1.28. The Bertz CT molecular complexity index is 611. The number of amides is 3. The smallest absolute Gasteiger partial charge is 0.245 e. The summed E-state index contributed by atoms with van der Waals surface area (Å²) in [6, 6.07) is -0.504. The van der Waals surface area contributed by atoms with Crippen molar-refractivity contribution in [3.05, 3.63) is 0 Å². The lowest BCUT2D eigenvalue weighted by Gasteiger charge is -2.33. The fourth-order valence-corrected chi connectivity index (χ4v) is 5.02. The highest BCUT2D eigenvalue weighted by Gasteiger charge is 2.52. The maximum atomic E-state index is 12.8. The predicted octanol–water partition coefficient (Wildman–Crippen LogP) is 0.112. The van der Waals surface area contributed by atoms with E-state index in [4.69, 9.17) is 0 Å². The van der Waals surface area contributed by atoms with Gasteiger partial charge in [-0.2, -0.15) is 14.3 Å². The fourth-order valence-electron chi connectivity index (χ4n) is 2.87. The van der Waals surface area contributed by atoms with Gasteiger partial charge in [-0.1, -0.05) is 6.92 Å². The minimum absolute atomic E-state index is 0.265. The molecule has 7 nitrogen and oxygen atoms in total. The number of rotatable bonds is 2. The molecular formula is C13H22N3O4S+. The van der Waals surface area contributed by atoms with Crippen LogP contribution in [0, 0.1) is 5.92 Å². The predicted molar refractivity (Wildman–Crippen MR) is 77.7 cm³/mol. The average Bonchev–Trinajstić information content (AvgIpc) is 2.43. The fraction of sp³-hybridized carbons (Fsp3) is 0.769. The first kappa shape index (κ1) is 16.1. The van der Waals surface area contributed by atoms with Crippen LogP contribution in [0.25, 0.3) is 0 Å². The van der Waals surface area contributed by atoms with E-state index in [-0.39, 0.29) is 11.6 Å². The van der Waals surface area contributed by atoms with Crippen LogP contribution >= 0.6 is 0 Å². The molecule has 1 saturated heterocycles. The number of hydrogen-bond donors (Lipinski definition) is 0. The molecule has 2 aliphatic heterocycles.